The number of nitrogens with two attached hydrogens (primary N) is 1. The molecule has 0 aliphatic carbocycles. The van der Waals surface area contributed by atoms with Gasteiger partial charge in [-0.25, -0.2) is 0 Å². The topological polar surface area (TPSA) is 64.9 Å². The predicted octanol–water partition coefficient (Wildman–Crippen LogP) is 4.32. The highest BCUT2D eigenvalue weighted by molar-refractivity contribution is 9.10. The van der Waals surface area contributed by atoms with E-state index in [2.05, 4.69) is 26.1 Å². The number of halogens is 4. The Bertz CT molecular complexity index is 627. The van der Waals surface area contributed by atoms with Gasteiger partial charge in [-0.15, -0.1) is 0 Å². The predicted molar refractivity (Wildman–Crippen MR) is 74.3 cm³/mol. The second-order valence-electron chi connectivity index (χ2n) is 4.54. The average molecular weight is 364 g/mol. The van der Waals surface area contributed by atoms with Crippen LogP contribution in [0.2, 0.25) is 0 Å². The average Bonchev–Trinajstić information content (AvgIpc) is 2.87. The van der Waals surface area contributed by atoms with Gasteiger partial charge in [-0.2, -0.15) is 18.2 Å². The van der Waals surface area contributed by atoms with Crippen LogP contribution in [0.3, 0.4) is 0 Å². The fraction of sp³-hybridized carbons (Fsp3) is 0.385. The smallest absolute Gasteiger partial charge is 0.334 e. The van der Waals surface area contributed by atoms with Gasteiger partial charge in [0.2, 0.25) is 0 Å². The maximum absolute atomic E-state index is 13.1. The molecule has 0 saturated heterocycles. The molecule has 0 saturated carbocycles. The zero-order valence-electron chi connectivity index (χ0n) is 11.1. The van der Waals surface area contributed by atoms with Gasteiger partial charge >= 0.3 is 6.18 Å². The minimum absolute atomic E-state index is 0.159. The molecule has 8 heteroatoms. The van der Waals surface area contributed by atoms with E-state index in [1.165, 1.54) is 12.1 Å². The molecule has 114 valence electrons. The molecule has 2 aromatic rings. The van der Waals surface area contributed by atoms with Gasteiger partial charge in [0.25, 0.3) is 5.89 Å². The van der Waals surface area contributed by atoms with Crippen molar-refractivity contribution in [3.8, 4) is 11.5 Å². The van der Waals surface area contributed by atoms with Crippen molar-refractivity contribution < 1.29 is 17.7 Å². The Kier molecular flexibility index (Phi) is 4.67. The number of nitrogens with zero attached hydrogens (tertiary/aromatic N) is 2. The van der Waals surface area contributed by atoms with E-state index in [-0.39, 0.29) is 17.3 Å². The van der Waals surface area contributed by atoms with Crippen molar-refractivity contribution in [2.24, 2.45) is 5.73 Å². The minimum Gasteiger partial charge on any atom is -0.334 e. The molecule has 0 aliphatic rings. The Hall–Kier alpha value is -1.41. The maximum Gasteiger partial charge on any atom is 0.417 e. The molecule has 0 bridgehead atoms. The second kappa shape index (κ2) is 6.15. The Morgan fingerprint density at radius 2 is 2.10 bits per heavy atom. The van der Waals surface area contributed by atoms with Crippen LogP contribution in [0.4, 0.5) is 13.2 Å². The standard InChI is InChI=1S/C13H13BrF3N3O/c1-2-3-10(18)11-19-12(21-20-11)8-5-4-7(14)6-9(8)13(15,16)17/h4-6,10H,2-3,18H2,1H3. The van der Waals surface area contributed by atoms with Crippen molar-refractivity contribution in [3.05, 3.63) is 34.1 Å². The van der Waals surface area contributed by atoms with Crippen molar-refractivity contribution >= 4 is 15.9 Å². The largest absolute Gasteiger partial charge is 0.417 e. The van der Waals surface area contributed by atoms with Gasteiger partial charge in [0.1, 0.15) is 0 Å². The first-order chi connectivity index (χ1) is 9.82. The zero-order valence-corrected chi connectivity index (χ0v) is 12.7. The Morgan fingerprint density at radius 3 is 2.71 bits per heavy atom. The lowest BCUT2D eigenvalue weighted by atomic mass is 10.1. The lowest BCUT2D eigenvalue weighted by molar-refractivity contribution is -0.137. The molecule has 1 unspecified atom stereocenters. The number of aromatic nitrogens is 2. The molecule has 21 heavy (non-hydrogen) atoms. The fourth-order valence-corrected chi connectivity index (χ4v) is 2.23. The van der Waals surface area contributed by atoms with E-state index in [1.54, 1.807) is 0 Å². The van der Waals surface area contributed by atoms with Crippen molar-refractivity contribution in [3.63, 3.8) is 0 Å². The minimum atomic E-state index is -4.51. The van der Waals surface area contributed by atoms with Gasteiger partial charge in [-0.1, -0.05) is 34.4 Å². The summed E-state index contributed by atoms with van der Waals surface area (Å²) < 4.78 is 44.5. The quantitative estimate of drug-likeness (QED) is 0.878. The third-order valence-electron chi connectivity index (χ3n) is 2.89. The van der Waals surface area contributed by atoms with E-state index in [0.717, 1.165) is 12.5 Å². The zero-order chi connectivity index (χ0) is 15.6. The number of hydrogen-bond acceptors (Lipinski definition) is 4. The number of alkyl halides is 3. The third kappa shape index (κ3) is 3.62. The van der Waals surface area contributed by atoms with E-state index in [9.17, 15) is 13.2 Å². The second-order valence-corrected chi connectivity index (χ2v) is 5.46. The number of benzene rings is 1. The molecule has 1 aromatic carbocycles. The van der Waals surface area contributed by atoms with Crippen LogP contribution in [0.15, 0.2) is 27.2 Å². The molecule has 1 atom stereocenters. The summed E-state index contributed by atoms with van der Waals surface area (Å²) in [4.78, 5) is 3.98. The SMILES string of the molecule is CCCC(N)c1noc(-c2ccc(Br)cc2C(F)(F)F)n1. The lowest BCUT2D eigenvalue weighted by Crippen LogP contribution is -2.11. The van der Waals surface area contributed by atoms with Crippen LogP contribution in [-0.2, 0) is 6.18 Å². The molecule has 4 nitrogen and oxygen atoms in total. The van der Waals surface area contributed by atoms with E-state index >= 15 is 0 Å². The monoisotopic (exact) mass is 363 g/mol. The molecule has 0 aliphatic heterocycles. The van der Waals surface area contributed by atoms with Gasteiger partial charge in [0, 0.05) is 4.47 Å². The van der Waals surface area contributed by atoms with Gasteiger partial charge < -0.3 is 10.3 Å². The summed E-state index contributed by atoms with van der Waals surface area (Å²) in [6.45, 7) is 1.94. The van der Waals surface area contributed by atoms with Crippen LogP contribution in [0, 0.1) is 0 Å². The normalized spacial score (nSPS) is 13.4. The van der Waals surface area contributed by atoms with E-state index in [4.69, 9.17) is 10.3 Å². The van der Waals surface area contributed by atoms with Crippen LogP contribution in [0.25, 0.3) is 11.5 Å². The Morgan fingerprint density at radius 1 is 1.38 bits per heavy atom. The van der Waals surface area contributed by atoms with E-state index < -0.39 is 17.8 Å². The molecule has 0 fully saturated rings. The van der Waals surface area contributed by atoms with Crippen LogP contribution in [0.5, 0.6) is 0 Å². The highest BCUT2D eigenvalue weighted by Crippen LogP contribution is 2.38. The molecule has 0 spiro atoms. The molecule has 2 N–H and O–H groups in total. The molecular weight excluding hydrogens is 351 g/mol. The molecule has 1 aromatic heterocycles. The Labute approximate surface area is 127 Å². The van der Waals surface area contributed by atoms with Crippen LogP contribution < -0.4 is 5.73 Å². The van der Waals surface area contributed by atoms with Gasteiger partial charge in [0.15, 0.2) is 5.82 Å². The van der Waals surface area contributed by atoms with Crippen molar-refractivity contribution in [1.29, 1.82) is 0 Å². The summed E-state index contributed by atoms with van der Waals surface area (Å²) in [7, 11) is 0. The van der Waals surface area contributed by atoms with E-state index in [1.807, 2.05) is 6.92 Å². The third-order valence-corrected chi connectivity index (χ3v) is 3.38. The van der Waals surface area contributed by atoms with Gasteiger partial charge in [-0.05, 0) is 24.6 Å². The van der Waals surface area contributed by atoms with Crippen LogP contribution >= 0.6 is 15.9 Å². The summed E-state index contributed by atoms with van der Waals surface area (Å²) >= 11 is 3.02. The molecule has 2 rings (SSSR count). The van der Waals surface area contributed by atoms with Crippen LogP contribution in [0.1, 0.15) is 37.2 Å². The highest BCUT2D eigenvalue weighted by atomic mass is 79.9. The molecule has 0 amide bonds. The van der Waals surface area contributed by atoms with Crippen LogP contribution in [-0.4, -0.2) is 10.1 Å². The lowest BCUT2D eigenvalue weighted by Gasteiger charge is -2.10. The fourth-order valence-electron chi connectivity index (χ4n) is 1.87. The first-order valence-electron chi connectivity index (χ1n) is 6.29. The van der Waals surface area contributed by atoms with Crippen molar-refractivity contribution in [1.82, 2.24) is 10.1 Å². The summed E-state index contributed by atoms with van der Waals surface area (Å²) in [5.41, 5.74) is 4.83. The van der Waals surface area contributed by atoms with Gasteiger partial charge in [0.05, 0.1) is 17.2 Å². The van der Waals surface area contributed by atoms with Crippen molar-refractivity contribution in [2.75, 3.05) is 0 Å². The summed E-state index contributed by atoms with van der Waals surface area (Å²) in [5, 5.41) is 3.67. The first kappa shape index (κ1) is 16.0. The van der Waals surface area contributed by atoms with Gasteiger partial charge in [-0.3, -0.25) is 0 Å². The molecule has 1 heterocycles. The summed E-state index contributed by atoms with van der Waals surface area (Å²) in [5.74, 6) is 0.0271. The maximum atomic E-state index is 13.1. The number of hydrogen-bond donors (Lipinski definition) is 1. The summed E-state index contributed by atoms with van der Waals surface area (Å²) in [6, 6.07) is 3.30. The van der Waals surface area contributed by atoms with E-state index in [0.29, 0.717) is 10.9 Å². The summed E-state index contributed by atoms with van der Waals surface area (Å²) in [6.07, 6.45) is -3.07. The molecule has 0 radical (unpaired) electrons. The Balaban J connectivity index is 2.43. The highest BCUT2D eigenvalue weighted by Gasteiger charge is 2.35. The molecular formula is C13H13BrF3N3O. The number of rotatable bonds is 4. The van der Waals surface area contributed by atoms with Crippen molar-refractivity contribution in [2.45, 2.75) is 32.0 Å². The first-order valence-corrected chi connectivity index (χ1v) is 7.08.